The average Bonchev–Trinajstić information content (AvgIpc) is 2.51. The van der Waals surface area contributed by atoms with Crippen LogP contribution in [0, 0.1) is 0 Å². The number of aromatic nitrogens is 1. The minimum absolute atomic E-state index is 0.133. The number of rotatable bonds is 1. The molecule has 2 amide bonds. The molecular formula is C8H12BN3O2. The third-order valence-electron chi connectivity index (χ3n) is 1.62. The van der Waals surface area contributed by atoms with Crippen molar-refractivity contribution in [1.82, 2.24) is 10.4 Å². The van der Waals surface area contributed by atoms with E-state index in [1.165, 1.54) is 0 Å². The van der Waals surface area contributed by atoms with E-state index in [2.05, 4.69) is 10.5 Å². The quantitative estimate of drug-likeness (QED) is 0.658. The molecular weight excluding hydrogens is 181 g/mol. The topological polar surface area (TPSA) is 67.2 Å². The van der Waals surface area contributed by atoms with Crippen molar-refractivity contribution in [2.75, 3.05) is 5.32 Å². The Morgan fingerprint density at radius 2 is 2.21 bits per heavy atom. The molecule has 0 aromatic carbocycles. The van der Waals surface area contributed by atoms with Gasteiger partial charge in [0, 0.05) is 11.5 Å². The number of carbonyl (C=O) groups excluding carboxylic acids is 1. The summed E-state index contributed by atoms with van der Waals surface area (Å²) in [4.78, 5) is 10.8. The fourth-order valence-corrected chi connectivity index (χ4v) is 0.840. The predicted molar refractivity (Wildman–Crippen MR) is 53.1 cm³/mol. The smallest absolute Gasteiger partial charge is 0.307 e. The first-order valence-electron chi connectivity index (χ1n) is 4.18. The van der Waals surface area contributed by atoms with Crippen molar-refractivity contribution >= 4 is 19.8 Å². The maximum Gasteiger partial charge on any atom is 0.307 e. The van der Waals surface area contributed by atoms with E-state index in [1.54, 1.807) is 6.07 Å². The van der Waals surface area contributed by atoms with Crippen LogP contribution in [0.25, 0.3) is 0 Å². The number of hydrogen-bond acceptors (Lipinski definition) is 3. The molecule has 0 saturated heterocycles. The second-order valence-electron chi connectivity index (χ2n) is 3.92. The Bertz CT molecular complexity index is 330. The molecule has 14 heavy (non-hydrogen) atoms. The minimum atomic E-state index is -0.529. The molecule has 0 spiro atoms. The van der Waals surface area contributed by atoms with Gasteiger partial charge in [0.1, 0.15) is 5.76 Å². The van der Waals surface area contributed by atoms with Gasteiger partial charge in [0.15, 0.2) is 5.82 Å². The second-order valence-corrected chi connectivity index (χ2v) is 3.92. The van der Waals surface area contributed by atoms with Crippen molar-refractivity contribution in [3.63, 3.8) is 0 Å². The lowest BCUT2D eigenvalue weighted by atomic mass is 9.93. The first kappa shape index (κ1) is 10.6. The minimum Gasteiger partial charge on any atom is -0.391 e. The summed E-state index contributed by atoms with van der Waals surface area (Å²) in [6.07, 6.45) is 0. The van der Waals surface area contributed by atoms with E-state index in [-0.39, 0.29) is 5.41 Å². The number of urea groups is 1. The Morgan fingerprint density at radius 1 is 1.57 bits per heavy atom. The van der Waals surface area contributed by atoms with Crippen molar-refractivity contribution in [2.45, 2.75) is 26.2 Å². The van der Waals surface area contributed by atoms with Gasteiger partial charge in [-0.05, 0) is 0 Å². The van der Waals surface area contributed by atoms with Crippen molar-refractivity contribution in [1.29, 1.82) is 0 Å². The SMILES string of the molecule is [B]NC(=O)Nc1cc(C(C)(C)C)on1. The maximum absolute atomic E-state index is 10.8. The van der Waals surface area contributed by atoms with E-state index in [1.807, 2.05) is 26.0 Å². The summed E-state index contributed by atoms with van der Waals surface area (Å²) >= 11 is 0. The molecule has 0 bridgehead atoms. The van der Waals surface area contributed by atoms with Crippen LogP contribution in [0.4, 0.5) is 10.6 Å². The third-order valence-corrected chi connectivity index (χ3v) is 1.62. The van der Waals surface area contributed by atoms with Crippen LogP contribution >= 0.6 is 0 Å². The van der Waals surface area contributed by atoms with E-state index in [9.17, 15) is 4.79 Å². The highest BCUT2D eigenvalue weighted by atomic mass is 16.5. The van der Waals surface area contributed by atoms with Crippen molar-refractivity contribution in [3.8, 4) is 0 Å². The highest BCUT2D eigenvalue weighted by Gasteiger charge is 2.19. The van der Waals surface area contributed by atoms with Crippen LogP contribution in [0.2, 0.25) is 0 Å². The van der Waals surface area contributed by atoms with E-state index >= 15 is 0 Å². The van der Waals surface area contributed by atoms with Crippen LogP contribution in [0.1, 0.15) is 26.5 Å². The van der Waals surface area contributed by atoms with E-state index in [0.717, 1.165) is 0 Å². The van der Waals surface area contributed by atoms with E-state index < -0.39 is 6.03 Å². The molecule has 2 N–H and O–H groups in total. The Kier molecular flexibility index (Phi) is 2.83. The summed E-state index contributed by atoms with van der Waals surface area (Å²) in [6.45, 7) is 5.96. The molecule has 0 aliphatic heterocycles. The Morgan fingerprint density at radius 3 is 2.64 bits per heavy atom. The molecule has 0 aliphatic carbocycles. The summed E-state index contributed by atoms with van der Waals surface area (Å²) in [5.74, 6) is 1.04. The molecule has 0 unspecified atom stereocenters. The van der Waals surface area contributed by atoms with Gasteiger partial charge in [0.2, 0.25) is 7.98 Å². The molecule has 1 aromatic rings. The van der Waals surface area contributed by atoms with Gasteiger partial charge >= 0.3 is 6.03 Å². The van der Waals surface area contributed by atoms with Gasteiger partial charge in [-0.3, -0.25) is 5.32 Å². The van der Waals surface area contributed by atoms with Gasteiger partial charge in [0.05, 0.1) is 0 Å². The summed E-state index contributed by atoms with van der Waals surface area (Å²) in [6, 6.07) is 1.13. The molecule has 1 heterocycles. The normalized spacial score (nSPS) is 11.1. The maximum atomic E-state index is 10.8. The molecule has 2 radical (unpaired) electrons. The predicted octanol–water partition coefficient (Wildman–Crippen LogP) is 1.18. The molecule has 0 aliphatic rings. The Labute approximate surface area is 83.7 Å². The molecule has 1 aromatic heterocycles. The number of amides is 2. The summed E-state index contributed by atoms with van der Waals surface area (Å²) < 4.78 is 5.04. The van der Waals surface area contributed by atoms with Crippen LogP contribution in [0.3, 0.4) is 0 Å². The third kappa shape index (κ3) is 2.51. The van der Waals surface area contributed by atoms with Gasteiger partial charge in [-0.25, -0.2) is 4.79 Å². The second kappa shape index (κ2) is 3.73. The molecule has 74 valence electrons. The van der Waals surface area contributed by atoms with E-state index in [0.29, 0.717) is 11.6 Å². The van der Waals surface area contributed by atoms with Gasteiger partial charge in [0.25, 0.3) is 0 Å². The first-order chi connectivity index (χ1) is 6.43. The number of hydrogen-bond donors (Lipinski definition) is 2. The standard InChI is InChI=1S/C8H12BN3O2/c1-8(2,3)5-4-6(12-14-5)10-7(13)11-9/h4H,1-3H3,(H2,10,11,12,13). The van der Waals surface area contributed by atoms with Crippen LogP contribution in [-0.2, 0) is 5.41 Å². The Hall–Kier alpha value is -1.46. The lowest BCUT2D eigenvalue weighted by Crippen LogP contribution is -2.25. The van der Waals surface area contributed by atoms with Crippen LogP contribution in [-0.4, -0.2) is 19.2 Å². The summed E-state index contributed by atoms with van der Waals surface area (Å²) in [7, 11) is 4.89. The molecule has 0 atom stereocenters. The van der Waals surface area contributed by atoms with Crippen molar-refractivity contribution in [3.05, 3.63) is 11.8 Å². The van der Waals surface area contributed by atoms with Gasteiger partial charge in [-0.15, -0.1) is 0 Å². The van der Waals surface area contributed by atoms with Gasteiger partial charge < -0.3 is 9.75 Å². The highest BCUT2D eigenvalue weighted by molar-refractivity contribution is 6.16. The average molecular weight is 193 g/mol. The zero-order valence-corrected chi connectivity index (χ0v) is 8.42. The zero-order chi connectivity index (χ0) is 10.8. The molecule has 1 rings (SSSR count). The van der Waals surface area contributed by atoms with Crippen LogP contribution < -0.4 is 10.5 Å². The number of nitrogens with one attached hydrogen (secondary N) is 2. The van der Waals surface area contributed by atoms with E-state index in [4.69, 9.17) is 12.5 Å². The van der Waals surface area contributed by atoms with Crippen molar-refractivity contribution < 1.29 is 9.32 Å². The molecule has 0 fully saturated rings. The van der Waals surface area contributed by atoms with Crippen LogP contribution in [0.5, 0.6) is 0 Å². The number of carbonyl (C=O) groups is 1. The summed E-state index contributed by atoms with van der Waals surface area (Å²) in [5, 5.41) is 8.00. The molecule has 0 saturated carbocycles. The highest BCUT2D eigenvalue weighted by Crippen LogP contribution is 2.24. The summed E-state index contributed by atoms with van der Waals surface area (Å²) in [5.41, 5.74) is -0.133. The number of nitrogens with zero attached hydrogens (tertiary/aromatic N) is 1. The molecule has 6 heteroatoms. The monoisotopic (exact) mass is 193 g/mol. The first-order valence-corrected chi connectivity index (χ1v) is 4.18. The number of anilines is 1. The fraction of sp³-hybridized carbons (Fsp3) is 0.500. The largest absolute Gasteiger partial charge is 0.391 e. The van der Waals surface area contributed by atoms with Gasteiger partial charge in [-0.2, -0.15) is 0 Å². The fourth-order valence-electron chi connectivity index (χ4n) is 0.840. The lowest BCUT2D eigenvalue weighted by Gasteiger charge is -2.11. The van der Waals surface area contributed by atoms with Crippen molar-refractivity contribution in [2.24, 2.45) is 0 Å². The van der Waals surface area contributed by atoms with Gasteiger partial charge in [-0.1, -0.05) is 25.9 Å². The lowest BCUT2D eigenvalue weighted by molar-refractivity contribution is 0.256. The zero-order valence-electron chi connectivity index (χ0n) is 8.42. The van der Waals surface area contributed by atoms with Crippen LogP contribution in [0.15, 0.2) is 10.6 Å². The molecule has 5 nitrogen and oxygen atoms in total. The Balaban J connectivity index is 2.74.